The lowest BCUT2D eigenvalue weighted by Gasteiger charge is -2.33. The van der Waals surface area contributed by atoms with Crippen molar-refractivity contribution in [2.75, 3.05) is 0 Å². The summed E-state index contributed by atoms with van der Waals surface area (Å²) >= 11 is 3.36. The zero-order chi connectivity index (χ0) is 14.9. The van der Waals surface area contributed by atoms with Crippen molar-refractivity contribution in [3.05, 3.63) is 28.7 Å². The molecule has 0 radical (unpaired) electrons. The normalized spacial score (nSPS) is 26.0. The highest BCUT2D eigenvalue weighted by atomic mass is 79.9. The number of hydrogen-bond donors (Lipinski definition) is 1. The van der Waals surface area contributed by atoms with Crippen LogP contribution in [-0.4, -0.2) is 15.1 Å². The van der Waals surface area contributed by atoms with Crippen molar-refractivity contribution < 1.29 is 4.52 Å². The van der Waals surface area contributed by atoms with Crippen LogP contribution >= 0.6 is 15.9 Å². The van der Waals surface area contributed by atoms with Gasteiger partial charge in [-0.15, -0.1) is 0 Å². The molecule has 0 aliphatic heterocycles. The van der Waals surface area contributed by atoms with Gasteiger partial charge in [0.1, 0.15) is 5.69 Å². The summed E-state index contributed by atoms with van der Waals surface area (Å²) in [4.78, 5) is 8.76. The summed E-state index contributed by atoms with van der Waals surface area (Å²) in [5.41, 5.74) is 6.70. The van der Waals surface area contributed by atoms with E-state index in [4.69, 9.17) is 10.3 Å². The molecule has 21 heavy (non-hydrogen) atoms. The first kappa shape index (κ1) is 14.7. The van der Waals surface area contributed by atoms with Crippen molar-refractivity contribution in [3.8, 4) is 11.5 Å². The summed E-state index contributed by atoms with van der Waals surface area (Å²) in [6.45, 7) is 2.23. The third-order valence-electron chi connectivity index (χ3n) is 4.38. The monoisotopic (exact) mass is 350 g/mol. The number of nitrogens with two attached hydrogens (primary N) is 1. The van der Waals surface area contributed by atoms with Gasteiger partial charge in [-0.05, 0) is 59.7 Å². The molecule has 2 aromatic rings. The lowest BCUT2D eigenvalue weighted by molar-refractivity contribution is 0.181. The predicted octanol–water partition coefficient (Wildman–Crippen LogP) is 3.65. The Labute approximate surface area is 132 Å². The number of aromatic nitrogens is 3. The van der Waals surface area contributed by atoms with E-state index in [-0.39, 0.29) is 0 Å². The summed E-state index contributed by atoms with van der Waals surface area (Å²) < 4.78 is 6.34. The van der Waals surface area contributed by atoms with Gasteiger partial charge >= 0.3 is 0 Å². The molecule has 0 aromatic carbocycles. The molecule has 0 unspecified atom stereocenters. The summed E-state index contributed by atoms with van der Waals surface area (Å²) in [6.07, 6.45) is 6.99. The van der Waals surface area contributed by atoms with E-state index >= 15 is 0 Å². The van der Waals surface area contributed by atoms with Crippen LogP contribution in [0.3, 0.4) is 0 Å². The van der Waals surface area contributed by atoms with Gasteiger partial charge in [-0.3, -0.25) is 4.98 Å². The second-order valence-electron chi connectivity index (χ2n) is 5.79. The maximum Gasteiger partial charge on any atom is 0.247 e. The molecule has 0 amide bonds. The Balaban J connectivity index is 1.80. The van der Waals surface area contributed by atoms with E-state index in [0.29, 0.717) is 17.4 Å². The van der Waals surface area contributed by atoms with E-state index < -0.39 is 5.54 Å². The average Bonchev–Trinajstić information content (AvgIpc) is 2.99. The molecule has 2 N–H and O–H groups in total. The lowest BCUT2D eigenvalue weighted by Crippen LogP contribution is -2.40. The Morgan fingerprint density at radius 2 is 2.14 bits per heavy atom. The van der Waals surface area contributed by atoms with Crippen molar-refractivity contribution in [1.82, 2.24) is 15.1 Å². The van der Waals surface area contributed by atoms with E-state index in [1.165, 1.54) is 6.42 Å². The predicted molar refractivity (Wildman–Crippen MR) is 83.3 cm³/mol. The molecule has 2 aromatic heterocycles. The van der Waals surface area contributed by atoms with E-state index in [1.807, 2.05) is 12.1 Å². The average molecular weight is 351 g/mol. The van der Waals surface area contributed by atoms with Crippen molar-refractivity contribution in [2.24, 2.45) is 11.7 Å². The van der Waals surface area contributed by atoms with Crippen molar-refractivity contribution in [3.63, 3.8) is 0 Å². The minimum absolute atomic E-state index is 0.480. The van der Waals surface area contributed by atoms with Crippen LogP contribution in [0.2, 0.25) is 0 Å². The fourth-order valence-electron chi connectivity index (χ4n) is 2.85. The van der Waals surface area contributed by atoms with Gasteiger partial charge in [0, 0.05) is 10.7 Å². The van der Waals surface area contributed by atoms with Gasteiger partial charge in [-0.2, -0.15) is 4.98 Å². The van der Waals surface area contributed by atoms with Crippen molar-refractivity contribution >= 4 is 15.9 Å². The van der Waals surface area contributed by atoms with Crippen molar-refractivity contribution in [1.29, 1.82) is 0 Å². The number of hydrogen-bond acceptors (Lipinski definition) is 5. The van der Waals surface area contributed by atoms with Gasteiger partial charge in [0.25, 0.3) is 0 Å². The molecule has 5 nitrogen and oxygen atoms in total. The largest absolute Gasteiger partial charge is 0.337 e. The molecule has 1 aliphatic carbocycles. The Morgan fingerprint density at radius 1 is 1.38 bits per heavy atom. The molecule has 112 valence electrons. The van der Waals surface area contributed by atoms with E-state index in [0.717, 1.165) is 36.1 Å². The molecule has 1 aliphatic rings. The molecule has 3 rings (SSSR count). The fourth-order valence-corrected chi connectivity index (χ4v) is 3.09. The molecule has 0 bridgehead atoms. The highest BCUT2D eigenvalue weighted by molar-refractivity contribution is 9.10. The Hall–Kier alpha value is -1.27. The first-order valence-corrected chi connectivity index (χ1v) is 8.15. The van der Waals surface area contributed by atoms with Crippen LogP contribution in [0.25, 0.3) is 11.5 Å². The number of rotatable bonds is 3. The highest BCUT2D eigenvalue weighted by Crippen LogP contribution is 2.38. The second-order valence-corrected chi connectivity index (χ2v) is 6.71. The van der Waals surface area contributed by atoms with Gasteiger partial charge in [0.05, 0.1) is 5.54 Å². The minimum Gasteiger partial charge on any atom is -0.337 e. The molecule has 0 atom stereocenters. The highest BCUT2D eigenvalue weighted by Gasteiger charge is 2.37. The summed E-state index contributed by atoms with van der Waals surface area (Å²) in [7, 11) is 0. The van der Waals surface area contributed by atoms with Gasteiger partial charge in [0.2, 0.25) is 11.7 Å². The van der Waals surface area contributed by atoms with Crippen molar-refractivity contribution in [2.45, 2.75) is 44.6 Å². The SMILES string of the molecule is CCC1CCC(N)(c2nc(-c3ccc(Br)cn3)no2)CC1. The van der Waals surface area contributed by atoms with Gasteiger partial charge < -0.3 is 10.3 Å². The molecule has 2 heterocycles. The van der Waals surface area contributed by atoms with E-state index in [1.54, 1.807) is 6.20 Å². The summed E-state index contributed by atoms with van der Waals surface area (Å²) in [5, 5.41) is 4.03. The topological polar surface area (TPSA) is 77.8 Å². The van der Waals surface area contributed by atoms with Crippen LogP contribution in [0, 0.1) is 5.92 Å². The van der Waals surface area contributed by atoms with Crippen LogP contribution in [-0.2, 0) is 5.54 Å². The molecule has 0 saturated heterocycles. The van der Waals surface area contributed by atoms with Crippen LogP contribution in [0.4, 0.5) is 0 Å². The Morgan fingerprint density at radius 3 is 2.76 bits per heavy atom. The van der Waals surface area contributed by atoms with E-state index in [9.17, 15) is 0 Å². The molecular formula is C15H19BrN4O. The molecule has 0 spiro atoms. The lowest BCUT2D eigenvalue weighted by atomic mass is 9.76. The number of pyridine rings is 1. The standard InChI is InChI=1S/C15H19BrN4O/c1-2-10-5-7-15(17,8-6-10)14-19-13(20-21-14)12-4-3-11(16)9-18-12/h3-4,9-10H,2,5-8,17H2,1H3. The fraction of sp³-hybridized carbons (Fsp3) is 0.533. The third-order valence-corrected chi connectivity index (χ3v) is 4.85. The summed E-state index contributed by atoms with van der Waals surface area (Å²) in [5.74, 6) is 1.81. The molecule has 1 saturated carbocycles. The Bertz CT molecular complexity index is 602. The maximum absolute atomic E-state index is 6.49. The molecule has 6 heteroatoms. The molecule has 1 fully saturated rings. The number of nitrogens with zero attached hydrogens (tertiary/aromatic N) is 3. The van der Waals surface area contributed by atoms with Gasteiger partial charge in [-0.25, -0.2) is 0 Å². The van der Waals surface area contributed by atoms with Crippen LogP contribution in [0.1, 0.15) is 44.9 Å². The van der Waals surface area contributed by atoms with Crippen LogP contribution in [0.5, 0.6) is 0 Å². The molecular weight excluding hydrogens is 332 g/mol. The maximum atomic E-state index is 6.49. The van der Waals surface area contributed by atoms with E-state index in [2.05, 4.69) is 38.0 Å². The smallest absolute Gasteiger partial charge is 0.247 e. The zero-order valence-corrected chi connectivity index (χ0v) is 13.6. The second kappa shape index (κ2) is 5.85. The number of halogens is 1. The van der Waals surface area contributed by atoms with Crippen LogP contribution in [0.15, 0.2) is 27.3 Å². The zero-order valence-electron chi connectivity index (χ0n) is 12.1. The Kier molecular flexibility index (Phi) is 4.08. The van der Waals surface area contributed by atoms with Gasteiger partial charge in [-0.1, -0.05) is 18.5 Å². The first-order valence-electron chi connectivity index (χ1n) is 7.36. The minimum atomic E-state index is -0.480. The summed E-state index contributed by atoms with van der Waals surface area (Å²) in [6, 6.07) is 3.76. The third kappa shape index (κ3) is 3.01. The van der Waals surface area contributed by atoms with Crippen LogP contribution < -0.4 is 5.73 Å². The van der Waals surface area contributed by atoms with Gasteiger partial charge in [0.15, 0.2) is 0 Å². The first-order chi connectivity index (χ1) is 10.1. The quantitative estimate of drug-likeness (QED) is 0.913.